The Labute approximate surface area is 167 Å². The molecule has 2 atom stereocenters. The van der Waals surface area contributed by atoms with Gasteiger partial charge in [-0.2, -0.15) is 5.10 Å². The first-order chi connectivity index (χ1) is 13.2. The highest BCUT2D eigenvalue weighted by Gasteiger charge is 2.40. The monoisotopic (exact) mass is 394 g/mol. The van der Waals surface area contributed by atoms with Crippen LogP contribution in [-0.4, -0.2) is 10.7 Å². The molecule has 0 radical (unpaired) electrons. The number of hydrazone groups is 1. The second kappa shape index (κ2) is 6.59. The minimum absolute atomic E-state index is 0.129. The van der Waals surface area contributed by atoms with E-state index in [0.717, 1.165) is 39.6 Å². The van der Waals surface area contributed by atoms with Crippen LogP contribution in [-0.2, 0) is 0 Å². The van der Waals surface area contributed by atoms with Crippen molar-refractivity contribution in [2.45, 2.75) is 18.7 Å². The van der Waals surface area contributed by atoms with Gasteiger partial charge in [0.25, 0.3) is 0 Å². The van der Waals surface area contributed by atoms with Gasteiger partial charge in [-0.25, -0.2) is 5.01 Å². The Hall–Kier alpha value is -2.49. The Kier molecular flexibility index (Phi) is 4.07. The first-order valence-electron chi connectivity index (χ1n) is 8.82. The third-order valence-electron chi connectivity index (χ3n) is 5.01. The van der Waals surface area contributed by atoms with Gasteiger partial charge in [0.15, 0.2) is 0 Å². The molecule has 0 bridgehead atoms. The molecule has 134 valence electrons. The summed E-state index contributed by atoms with van der Waals surface area (Å²) < 4.78 is 6.33. The molecule has 0 aliphatic carbocycles. The van der Waals surface area contributed by atoms with E-state index in [9.17, 15) is 0 Å². The second-order valence-electron chi connectivity index (χ2n) is 6.72. The topological polar surface area (TPSA) is 24.8 Å². The molecule has 5 heteroatoms. The first kappa shape index (κ1) is 16.7. The summed E-state index contributed by atoms with van der Waals surface area (Å²) in [6.07, 6.45) is 0.507. The van der Waals surface area contributed by atoms with Crippen molar-refractivity contribution in [3.8, 4) is 5.75 Å². The molecule has 5 rings (SSSR count). The Balaban J connectivity index is 1.60. The molecule has 3 aromatic carbocycles. The molecular weight excluding hydrogens is 379 g/mol. The molecule has 0 amide bonds. The maximum atomic E-state index is 6.33. The molecule has 0 spiro atoms. The fourth-order valence-electron chi connectivity index (χ4n) is 3.73. The molecule has 3 aromatic rings. The SMILES string of the molecule is Clc1ccc(C2=NN3[C@H](C2)c2ccccc2O[C@@H]3c2cccc(Cl)c2)cc1. The zero-order chi connectivity index (χ0) is 18.4. The molecule has 0 saturated carbocycles. The summed E-state index contributed by atoms with van der Waals surface area (Å²) >= 11 is 12.3. The molecule has 0 saturated heterocycles. The number of ether oxygens (including phenoxy) is 1. The number of hydrogen-bond acceptors (Lipinski definition) is 3. The maximum absolute atomic E-state index is 6.33. The van der Waals surface area contributed by atoms with Gasteiger partial charge in [0, 0.05) is 27.6 Å². The Bertz CT molecular complexity index is 1030. The van der Waals surface area contributed by atoms with E-state index in [2.05, 4.69) is 11.1 Å². The highest BCUT2D eigenvalue weighted by Crippen LogP contribution is 2.47. The van der Waals surface area contributed by atoms with E-state index < -0.39 is 0 Å². The molecule has 27 heavy (non-hydrogen) atoms. The fourth-order valence-corrected chi connectivity index (χ4v) is 4.06. The summed E-state index contributed by atoms with van der Waals surface area (Å²) in [6.45, 7) is 0. The molecule has 2 heterocycles. The lowest BCUT2D eigenvalue weighted by atomic mass is 9.96. The quantitative estimate of drug-likeness (QED) is 0.513. The standard InChI is InChI=1S/C22H16Cl2N2O/c23-16-10-8-14(9-11-16)19-13-20-18-6-1-2-7-21(18)27-22(26(20)25-19)15-4-3-5-17(24)12-15/h1-12,20,22H,13H2/t20-,22-/m1/s1. The van der Waals surface area contributed by atoms with Crippen LogP contribution in [0, 0.1) is 0 Å². The summed E-state index contributed by atoms with van der Waals surface area (Å²) in [7, 11) is 0. The van der Waals surface area contributed by atoms with Crippen molar-refractivity contribution in [3.63, 3.8) is 0 Å². The third-order valence-corrected chi connectivity index (χ3v) is 5.50. The van der Waals surface area contributed by atoms with Gasteiger partial charge < -0.3 is 4.74 Å². The van der Waals surface area contributed by atoms with Crippen molar-refractivity contribution in [3.05, 3.63) is 99.5 Å². The van der Waals surface area contributed by atoms with Gasteiger partial charge in [-0.1, -0.05) is 65.7 Å². The fraction of sp³-hybridized carbons (Fsp3) is 0.136. The summed E-state index contributed by atoms with van der Waals surface area (Å²) in [5.41, 5.74) is 4.26. The normalized spacial score (nSPS) is 20.5. The lowest BCUT2D eigenvalue weighted by Gasteiger charge is -2.38. The van der Waals surface area contributed by atoms with Crippen molar-refractivity contribution in [2.75, 3.05) is 0 Å². The van der Waals surface area contributed by atoms with Gasteiger partial charge in [0.05, 0.1) is 11.8 Å². The highest BCUT2D eigenvalue weighted by molar-refractivity contribution is 6.31. The molecule has 0 fully saturated rings. The van der Waals surface area contributed by atoms with Crippen molar-refractivity contribution in [1.29, 1.82) is 0 Å². The van der Waals surface area contributed by atoms with E-state index in [0.29, 0.717) is 5.02 Å². The number of benzene rings is 3. The lowest BCUT2D eigenvalue weighted by molar-refractivity contribution is -0.0190. The molecule has 2 aliphatic rings. The van der Waals surface area contributed by atoms with Gasteiger partial charge in [-0.3, -0.25) is 0 Å². The summed E-state index contributed by atoms with van der Waals surface area (Å²) in [6, 6.07) is 23.9. The van der Waals surface area contributed by atoms with Crippen molar-refractivity contribution >= 4 is 28.9 Å². The first-order valence-corrected chi connectivity index (χ1v) is 9.57. The largest absolute Gasteiger partial charge is 0.464 e. The maximum Gasteiger partial charge on any atom is 0.213 e. The average molecular weight is 395 g/mol. The van der Waals surface area contributed by atoms with Gasteiger partial charge in [0.2, 0.25) is 6.23 Å². The van der Waals surface area contributed by atoms with Crippen LogP contribution >= 0.6 is 23.2 Å². The van der Waals surface area contributed by atoms with Crippen LogP contribution in [0.25, 0.3) is 0 Å². The number of fused-ring (bicyclic) bond motifs is 3. The number of nitrogens with zero attached hydrogens (tertiary/aromatic N) is 2. The predicted octanol–water partition coefficient (Wildman–Crippen LogP) is 6.24. The van der Waals surface area contributed by atoms with E-state index >= 15 is 0 Å². The van der Waals surface area contributed by atoms with Gasteiger partial charge in [-0.15, -0.1) is 0 Å². The van der Waals surface area contributed by atoms with Gasteiger partial charge >= 0.3 is 0 Å². The van der Waals surface area contributed by atoms with Crippen LogP contribution in [0.1, 0.15) is 35.4 Å². The van der Waals surface area contributed by atoms with Gasteiger partial charge in [-0.05, 0) is 35.9 Å². The molecule has 0 unspecified atom stereocenters. The predicted molar refractivity (Wildman–Crippen MR) is 108 cm³/mol. The summed E-state index contributed by atoms with van der Waals surface area (Å²) in [4.78, 5) is 0. The Morgan fingerprint density at radius 1 is 0.889 bits per heavy atom. The van der Waals surface area contributed by atoms with E-state index in [1.54, 1.807) is 0 Å². The smallest absolute Gasteiger partial charge is 0.213 e. The van der Waals surface area contributed by atoms with E-state index in [4.69, 9.17) is 33.0 Å². The summed E-state index contributed by atoms with van der Waals surface area (Å²) in [5, 5.41) is 8.40. The van der Waals surface area contributed by atoms with Crippen LogP contribution < -0.4 is 4.74 Å². The van der Waals surface area contributed by atoms with E-state index in [1.807, 2.05) is 66.7 Å². The molecule has 2 aliphatic heterocycles. The van der Waals surface area contributed by atoms with E-state index in [1.165, 1.54) is 0 Å². The number of hydrogen-bond donors (Lipinski definition) is 0. The molecular formula is C22H16Cl2N2O. The second-order valence-corrected chi connectivity index (χ2v) is 7.59. The zero-order valence-corrected chi connectivity index (χ0v) is 15.9. The van der Waals surface area contributed by atoms with Crippen LogP contribution in [0.15, 0.2) is 77.9 Å². The lowest BCUT2D eigenvalue weighted by Crippen LogP contribution is -2.33. The molecule has 3 nitrogen and oxygen atoms in total. The zero-order valence-electron chi connectivity index (χ0n) is 14.3. The van der Waals surface area contributed by atoms with Crippen LogP contribution in [0.2, 0.25) is 10.0 Å². The number of halogens is 2. The Morgan fingerprint density at radius 3 is 2.52 bits per heavy atom. The van der Waals surface area contributed by atoms with Gasteiger partial charge in [0.1, 0.15) is 5.75 Å². The molecule has 0 aromatic heterocycles. The minimum atomic E-state index is -0.312. The third kappa shape index (κ3) is 2.97. The minimum Gasteiger partial charge on any atom is -0.464 e. The Morgan fingerprint density at radius 2 is 1.70 bits per heavy atom. The number of para-hydroxylation sites is 1. The van der Waals surface area contributed by atoms with E-state index in [-0.39, 0.29) is 12.3 Å². The van der Waals surface area contributed by atoms with Crippen LogP contribution in [0.3, 0.4) is 0 Å². The van der Waals surface area contributed by atoms with Crippen LogP contribution in [0.4, 0.5) is 0 Å². The van der Waals surface area contributed by atoms with Crippen LogP contribution in [0.5, 0.6) is 5.75 Å². The van der Waals surface area contributed by atoms with Crippen molar-refractivity contribution in [1.82, 2.24) is 5.01 Å². The van der Waals surface area contributed by atoms with Crippen molar-refractivity contribution in [2.24, 2.45) is 5.10 Å². The average Bonchev–Trinajstić information content (AvgIpc) is 3.13. The molecule has 0 N–H and O–H groups in total. The van der Waals surface area contributed by atoms with Crippen molar-refractivity contribution < 1.29 is 4.74 Å². The highest BCUT2D eigenvalue weighted by atomic mass is 35.5. The summed E-state index contributed by atoms with van der Waals surface area (Å²) in [5.74, 6) is 0.899. The number of rotatable bonds is 2.